The predicted octanol–water partition coefficient (Wildman–Crippen LogP) is 5.31. The molecular weight excluding hydrogens is 451 g/mol. The largest absolute Gasteiger partial charge is 0.463 e. The van der Waals surface area contributed by atoms with E-state index in [1.165, 1.54) is 30.3 Å². The van der Waals surface area contributed by atoms with E-state index in [9.17, 15) is 18.0 Å². The lowest BCUT2D eigenvalue weighted by Gasteiger charge is -2.15. The molecule has 0 amide bonds. The summed E-state index contributed by atoms with van der Waals surface area (Å²) in [6, 6.07) is 10.2. The lowest BCUT2D eigenvalue weighted by molar-refractivity contribution is 0.295. The minimum Gasteiger partial charge on any atom is -0.463 e. The number of nitrogens with zero attached hydrogens (tertiary/aromatic N) is 3. The Morgan fingerprint density at radius 2 is 1.79 bits per heavy atom. The third-order valence-corrected chi connectivity index (χ3v) is 5.76. The van der Waals surface area contributed by atoms with Crippen LogP contribution in [0.4, 0.5) is 13.2 Å². The molecule has 33 heavy (non-hydrogen) atoms. The molecule has 0 bridgehead atoms. The molecule has 170 valence electrons. The number of pyridine rings is 1. The van der Waals surface area contributed by atoms with E-state index < -0.39 is 28.7 Å². The summed E-state index contributed by atoms with van der Waals surface area (Å²) in [7, 11) is 0. The van der Waals surface area contributed by atoms with Crippen molar-refractivity contribution in [2.75, 3.05) is 18.6 Å². The molecule has 0 N–H and O–H groups in total. The fraction of sp³-hybridized carbons (Fsp3) is 0.208. The van der Waals surface area contributed by atoms with Gasteiger partial charge in [-0.2, -0.15) is 21.7 Å². The molecule has 9 heteroatoms. The van der Waals surface area contributed by atoms with Crippen molar-refractivity contribution in [3.05, 3.63) is 81.9 Å². The van der Waals surface area contributed by atoms with E-state index >= 15 is 0 Å². The fourth-order valence-electron chi connectivity index (χ4n) is 3.54. The molecular formula is C24H20F3N3O2S. The number of halogens is 3. The topological polar surface area (TPSA) is 57.0 Å². The van der Waals surface area contributed by atoms with Gasteiger partial charge in [0.2, 0.25) is 0 Å². The van der Waals surface area contributed by atoms with Crippen LogP contribution in [0, 0.1) is 24.4 Å². The quantitative estimate of drug-likeness (QED) is 0.342. The molecule has 0 fully saturated rings. The lowest BCUT2D eigenvalue weighted by atomic mass is 10.0. The van der Waals surface area contributed by atoms with Gasteiger partial charge in [-0.15, -0.1) is 0 Å². The first-order chi connectivity index (χ1) is 15.9. The fourth-order valence-corrected chi connectivity index (χ4v) is 3.95. The van der Waals surface area contributed by atoms with E-state index in [1.54, 1.807) is 24.8 Å². The van der Waals surface area contributed by atoms with Gasteiger partial charge in [-0.05, 0) is 67.3 Å². The Labute approximate surface area is 192 Å². The molecule has 0 radical (unpaired) electrons. The van der Waals surface area contributed by atoms with E-state index in [1.807, 2.05) is 6.26 Å². The van der Waals surface area contributed by atoms with Gasteiger partial charge in [0, 0.05) is 17.0 Å². The predicted molar refractivity (Wildman–Crippen MR) is 124 cm³/mol. The molecule has 0 saturated heterocycles. The van der Waals surface area contributed by atoms with E-state index in [-0.39, 0.29) is 11.7 Å². The van der Waals surface area contributed by atoms with Crippen LogP contribution in [0.3, 0.4) is 0 Å². The highest BCUT2D eigenvalue weighted by atomic mass is 32.2. The number of para-hydroxylation sites is 1. The molecule has 0 aliphatic rings. The highest BCUT2D eigenvalue weighted by molar-refractivity contribution is 7.98. The molecule has 2 aromatic carbocycles. The zero-order valence-corrected chi connectivity index (χ0v) is 18.8. The zero-order chi connectivity index (χ0) is 23.5. The summed E-state index contributed by atoms with van der Waals surface area (Å²) < 4.78 is 49.6. The highest BCUT2D eigenvalue weighted by Gasteiger charge is 2.20. The first kappa shape index (κ1) is 22.8. The van der Waals surface area contributed by atoms with Gasteiger partial charge in [0.15, 0.2) is 5.65 Å². The number of ether oxygens (including phenoxy) is 1. The number of hydrogen-bond acceptors (Lipinski definition) is 5. The maximum atomic E-state index is 14.6. The van der Waals surface area contributed by atoms with Gasteiger partial charge in [-0.1, -0.05) is 6.07 Å². The van der Waals surface area contributed by atoms with Crippen LogP contribution in [0.25, 0.3) is 28.0 Å². The van der Waals surface area contributed by atoms with Crippen LogP contribution in [-0.2, 0) is 0 Å². The third kappa shape index (κ3) is 4.59. The second-order valence-electron chi connectivity index (χ2n) is 7.32. The average molecular weight is 472 g/mol. The monoisotopic (exact) mass is 471 g/mol. The summed E-state index contributed by atoms with van der Waals surface area (Å²) in [4.78, 5) is 21.6. The summed E-state index contributed by atoms with van der Waals surface area (Å²) in [6.07, 6.45) is 2.71. The highest BCUT2D eigenvalue weighted by Crippen LogP contribution is 2.31. The van der Waals surface area contributed by atoms with Crippen LogP contribution in [0.2, 0.25) is 0 Å². The normalized spacial score (nSPS) is 11.2. The van der Waals surface area contributed by atoms with Crippen LogP contribution >= 0.6 is 11.8 Å². The maximum Gasteiger partial charge on any atom is 0.318 e. The number of fused-ring (bicyclic) bond motifs is 1. The van der Waals surface area contributed by atoms with Crippen LogP contribution in [0.5, 0.6) is 6.01 Å². The number of aromatic nitrogens is 3. The van der Waals surface area contributed by atoms with Crippen molar-refractivity contribution < 1.29 is 17.9 Å². The second-order valence-corrected chi connectivity index (χ2v) is 8.31. The Kier molecular flexibility index (Phi) is 6.69. The van der Waals surface area contributed by atoms with Crippen molar-refractivity contribution in [1.82, 2.24) is 14.5 Å². The number of hydrogen-bond donors (Lipinski definition) is 0. The third-order valence-electron chi connectivity index (χ3n) is 5.06. The first-order valence-corrected chi connectivity index (χ1v) is 11.6. The van der Waals surface area contributed by atoms with Crippen LogP contribution in [-0.4, -0.2) is 33.2 Å². The molecule has 0 atom stereocenters. The molecule has 0 aliphatic carbocycles. The van der Waals surface area contributed by atoms with E-state index in [2.05, 4.69) is 9.97 Å². The molecule has 2 aromatic heterocycles. The van der Waals surface area contributed by atoms with Crippen LogP contribution < -0.4 is 10.3 Å². The Bertz CT molecular complexity index is 1370. The Morgan fingerprint density at radius 1 is 1.03 bits per heavy atom. The number of benzene rings is 2. The van der Waals surface area contributed by atoms with Gasteiger partial charge >= 0.3 is 6.01 Å². The maximum absolute atomic E-state index is 14.6. The second kappa shape index (κ2) is 9.66. The van der Waals surface area contributed by atoms with E-state index in [0.717, 1.165) is 28.9 Å². The van der Waals surface area contributed by atoms with Crippen molar-refractivity contribution in [1.29, 1.82) is 0 Å². The van der Waals surface area contributed by atoms with Crippen molar-refractivity contribution >= 4 is 22.8 Å². The summed E-state index contributed by atoms with van der Waals surface area (Å²) in [6.45, 7) is 2.04. The van der Waals surface area contributed by atoms with Gasteiger partial charge in [-0.3, -0.25) is 9.36 Å². The van der Waals surface area contributed by atoms with Gasteiger partial charge in [-0.25, -0.2) is 13.2 Å². The SMILES string of the molecule is CSCCCOc1nc(-c2ccc(F)cc2C)c2ccc(=O)n(-c3c(F)cccc3F)c2n1. The minimum atomic E-state index is -0.912. The summed E-state index contributed by atoms with van der Waals surface area (Å²) >= 11 is 1.66. The molecule has 0 unspecified atom stereocenters. The molecule has 5 nitrogen and oxygen atoms in total. The van der Waals surface area contributed by atoms with Crippen molar-refractivity contribution in [3.8, 4) is 23.0 Å². The van der Waals surface area contributed by atoms with E-state index in [0.29, 0.717) is 28.8 Å². The molecule has 0 aliphatic heterocycles. The van der Waals surface area contributed by atoms with Gasteiger partial charge in [0.05, 0.1) is 12.3 Å². The summed E-state index contributed by atoms with van der Waals surface area (Å²) in [5.74, 6) is -1.37. The van der Waals surface area contributed by atoms with Crippen LogP contribution in [0.15, 0.2) is 53.3 Å². The molecule has 2 heterocycles. The number of rotatable bonds is 7. The molecule has 4 aromatic rings. The molecule has 0 spiro atoms. The van der Waals surface area contributed by atoms with Crippen LogP contribution in [0.1, 0.15) is 12.0 Å². The van der Waals surface area contributed by atoms with Gasteiger partial charge < -0.3 is 4.74 Å². The minimum absolute atomic E-state index is 0.0138. The van der Waals surface area contributed by atoms with Gasteiger partial charge in [0.1, 0.15) is 23.1 Å². The Balaban J connectivity index is 2.02. The van der Waals surface area contributed by atoms with Crippen molar-refractivity contribution in [2.45, 2.75) is 13.3 Å². The molecule has 0 saturated carbocycles. The van der Waals surface area contributed by atoms with Crippen molar-refractivity contribution in [2.24, 2.45) is 0 Å². The molecule has 4 rings (SSSR count). The Morgan fingerprint density at radius 3 is 2.48 bits per heavy atom. The Hall–Kier alpha value is -3.33. The standard InChI is InChI=1S/C24H20F3N3O2S/c1-14-13-15(25)7-8-16(14)21-17-9-10-20(31)30(22-18(26)5-3-6-19(22)27)23(17)29-24(28-21)32-11-4-12-33-2/h3,5-10,13H,4,11-12H2,1-2H3. The number of thioether (sulfide) groups is 1. The van der Waals surface area contributed by atoms with Gasteiger partial charge in [0.25, 0.3) is 5.56 Å². The summed E-state index contributed by atoms with van der Waals surface area (Å²) in [5, 5.41) is 0.364. The first-order valence-electron chi connectivity index (χ1n) is 10.2. The zero-order valence-electron chi connectivity index (χ0n) is 17.9. The lowest BCUT2D eigenvalue weighted by Crippen LogP contribution is -2.21. The average Bonchev–Trinajstić information content (AvgIpc) is 2.77. The summed E-state index contributed by atoms with van der Waals surface area (Å²) in [5.41, 5.74) is 0.320. The number of aryl methyl sites for hydroxylation is 1. The van der Waals surface area contributed by atoms with E-state index in [4.69, 9.17) is 4.74 Å². The smallest absolute Gasteiger partial charge is 0.318 e. The van der Waals surface area contributed by atoms with Crippen molar-refractivity contribution in [3.63, 3.8) is 0 Å².